The summed E-state index contributed by atoms with van der Waals surface area (Å²) in [5.41, 5.74) is 4.65. The van der Waals surface area contributed by atoms with Gasteiger partial charge < -0.3 is 10.4 Å². The number of benzene rings is 1. The van der Waals surface area contributed by atoms with Crippen LogP contribution in [-0.4, -0.2) is 47.8 Å². The zero-order valence-electron chi connectivity index (χ0n) is 16.6. The van der Waals surface area contributed by atoms with Crippen molar-refractivity contribution in [3.63, 3.8) is 0 Å². The molecule has 1 aliphatic rings. The van der Waals surface area contributed by atoms with Crippen molar-refractivity contribution in [1.29, 1.82) is 0 Å². The van der Waals surface area contributed by atoms with E-state index >= 15 is 0 Å². The molecule has 9 nitrogen and oxygen atoms in total. The number of aromatic nitrogens is 6. The molecule has 1 atom stereocenters. The van der Waals surface area contributed by atoms with E-state index in [2.05, 4.69) is 36.9 Å². The standard InChI is InChI=1S/C22H21N7O2/c30-13-20(14-4-2-1-3-5-14)29-12-17(11-25-29)26-22(31)21-18-7-6-15(8-19(18)27-28-21)16-9-23-24-10-16/h1-2,4,6-12,20,30H,3,5,13H2,(H,23,24)(H,26,31)(H,27,28). The van der Waals surface area contributed by atoms with Gasteiger partial charge in [-0.3, -0.25) is 19.7 Å². The Bertz CT molecular complexity index is 1280. The molecule has 4 aromatic rings. The van der Waals surface area contributed by atoms with Gasteiger partial charge in [-0.15, -0.1) is 0 Å². The second kappa shape index (κ2) is 8.04. The average Bonchev–Trinajstić information content (AvgIpc) is 3.56. The molecule has 1 amide bonds. The van der Waals surface area contributed by atoms with Gasteiger partial charge in [-0.2, -0.15) is 15.3 Å². The normalized spacial score (nSPS) is 14.5. The first-order chi connectivity index (χ1) is 15.2. The Balaban J connectivity index is 1.35. The van der Waals surface area contributed by atoms with E-state index in [1.165, 1.54) is 0 Å². The van der Waals surface area contributed by atoms with Crippen LogP contribution < -0.4 is 5.32 Å². The fourth-order valence-electron chi connectivity index (χ4n) is 3.81. The zero-order valence-corrected chi connectivity index (χ0v) is 16.6. The highest BCUT2D eigenvalue weighted by atomic mass is 16.3. The number of nitrogens with one attached hydrogen (secondary N) is 3. The average molecular weight is 415 g/mol. The summed E-state index contributed by atoms with van der Waals surface area (Å²) in [5, 5.41) is 31.6. The van der Waals surface area contributed by atoms with Crippen LogP contribution in [-0.2, 0) is 0 Å². The number of aliphatic hydroxyl groups is 1. The summed E-state index contributed by atoms with van der Waals surface area (Å²) < 4.78 is 1.68. The van der Waals surface area contributed by atoms with E-state index in [1.807, 2.05) is 36.5 Å². The number of H-pyrrole nitrogens is 2. The number of rotatable bonds is 6. The summed E-state index contributed by atoms with van der Waals surface area (Å²) in [6, 6.07) is 5.48. The lowest BCUT2D eigenvalue weighted by Crippen LogP contribution is -2.17. The highest BCUT2D eigenvalue weighted by molar-refractivity contribution is 6.11. The van der Waals surface area contributed by atoms with Gasteiger partial charge in [0.05, 0.1) is 36.2 Å². The van der Waals surface area contributed by atoms with E-state index in [4.69, 9.17) is 0 Å². The number of hydrogen-bond donors (Lipinski definition) is 4. The summed E-state index contributed by atoms with van der Waals surface area (Å²) in [6.07, 6.45) is 14.8. The van der Waals surface area contributed by atoms with Crippen LogP contribution in [0.1, 0.15) is 29.4 Å². The largest absolute Gasteiger partial charge is 0.394 e. The highest BCUT2D eigenvalue weighted by Gasteiger charge is 2.19. The number of amides is 1. The van der Waals surface area contributed by atoms with E-state index in [9.17, 15) is 9.90 Å². The van der Waals surface area contributed by atoms with E-state index in [0.29, 0.717) is 11.4 Å². The van der Waals surface area contributed by atoms with E-state index in [1.54, 1.807) is 23.3 Å². The van der Waals surface area contributed by atoms with Gasteiger partial charge in [-0.25, -0.2) is 0 Å². The van der Waals surface area contributed by atoms with Gasteiger partial charge in [0.15, 0.2) is 5.69 Å². The van der Waals surface area contributed by atoms with Gasteiger partial charge in [-0.1, -0.05) is 24.3 Å². The van der Waals surface area contributed by atoms with Crippen LogP contribution in [0, 0.1) is 0 Å². The molecule has 4 N–H and O–H groups in total. The first-order valence-corrected chi connectivity index (χ1v) is 10.0. The molecule has 156 valence electrons. The van der Waals surface area contributed by atoms with Crippen molar-refractivity contribution in [1.82, 2.24) is 30.2 Å². The minimum Gasteiger partial charge on any atom is -0.394 e. The second-order valence-corrected chi connectivity index (χ2v) is 7.39. The minimum atomic E-state index is -0.331. The number of fused-ring (bicyclic) bond motifs is 1. The van der Waals surface area contributed by atoms with E-state index in [0.717, 1.165) is 40.4 Å². The maximum Gasteiger partial charge on any atom is 0.276 e. The molecule has 3 heterocycles. The lowest BCUT2D eigenvalue weighted by molar-refractivity contribution is 0.102. The Labute approximate surface area is 177 Å². The Kier molecular flexibility index (Phi) is 4.93. The fraction of sp³-hybridized carbons (Fsp3) is 0.182. The van der Waals surface area contributed by atoms with Crippen LogP contribution in [0.5, 0.6) is 0 Å². The number of allylic oxidation sites excluding steroid dienone is 3. The lowest BCUT2D eigenvalue weighted by atomic mass is 9.98. The van der Waals surface area contributed by atoms with Gasteiger partial charge in [-0.05, 0) is 36.1 Å². The van der Waals surface area contributed by atoms with Crippen molar-refractivity contribution >= 4 is 22.5 Å². The van der Waals surface area contributed by atoms with Crippen LogP contribution in [0.2, 0.25) is 0 Å². The molecule has 1 aliphatic carbocycles. The Morgan fingerprint density at radius 1 is 1.29 bits per heavy atom. The molecule has 0 saturated heterocycles. The monoisotopic (exact) mass is 415 g/mol. The SMILES string of the molecule is O=C(Nc1cnn(C(CO)C2=CC=CCC2)c1)c1n[nH]c2cc(-c3cn[nH]c3)ccc12. The summed E-state index contributed by atoms with van der Waals surface area (Å²) in [4.78, 5) is 12.8. The van der Waals surface area contributed by atoms with Crippen molar-refractivity contribution in [2.45, 2.75) is 18.9 Å². The van der Waals surface area contributed by atoms with Gasteiger partial charge >= 0.3 is 0 Å². The van der Waals surface area contributed by atoms with Crippen molar-refractivity contribution in [3.8, 4) is 11.1 Å². The van der Waals surface area contributed by atoms with Crippen molar-refractivity contribution in [2.75, 3.05) is 11.9 Å². The Hall–Kier alpha value is -3.98. The van der Waals surface area contributed by atoms with Crippen molar-refractivity contribution in [2.24, 2.45) is 0 Å². The van der Waals surface area contributed by atoms with Gasteiger partial charge in [0.1, 0.15) is 0 Å². The Morgan fingerprint density at radius 3 is 3.00 bits per heavy atom. The zero-order chi connectivity index (χ0) is 21.2. The molecule has 0 saturated carbocycles. The van der Waals surface area contributed by atoms with E-state index in [-0.39, 0.29) is 18.6 Å². The number of carbonyl (C=O) groups excluding carboxylic acids is 1. The number of anilines is 1. The van der Waals surface area contributed by atoms with Gasteiger partial charge in [0, 0.05) is 23.3 Å². The molecule has 0 spiro atoms. The van der Waals surface area contributed by atoms with Crippen LogP contribution in [0.3, 0.4) is 0 Å². The van der Waals surface area contributed by atoms with Crippen LogP contribution in [0.4, 0.5) is 5.69 Å². The molecule has 0 fully saturated rings. The molecule has 1 unspecified atom stereocenters. The topological polar surface area (TPSA) is 125 Å². The van der Waals surface area contributed by atoms with E-state index < -0.39 is 0 Å². The number of carbonyl (C=O) groups is 1. The number of nitrogens with zero attached hydrogens (tertiary/aromatic N) is 4. The van der Waals surface area contributed by atoms with Gasteiger partial charge in [0.25, 0.3) is 5.91 Å². The predicted molar refractivity (Wildman–Crippen MR) is 116 cm³/mol. The number of aliphatic hydroxyl groups excluding tert-OH is 1. The maximum absolute atomic E-state index is 12.8. The molecular weight excluding hydrogens is 394 g/mol. The molecule has 9 heteroatoms. The summed E-state index contributed by atoms with van der Waals surface area (Å²) in [5.74, 6) is -0.331. The fourth-order valence-corrected chi connectivity index (χ4v) is 3.81. The molecular formula is C22H21N7O2. The first-order valence-electron chi connectivity index (χ1n) is 10.0. The lowest BCUT2D eigenvalue weighted by Gasteiger charge is -2.19. The third-order valence-corrected chi connectivity index (χ3v) is 5.44. The predicted octanol–water partition coefficient (Wildman–Crippen LogP) is 3.21. The highest BCUT2D eigenvalue weighted by Crippen LogP contribution is 2.27. The first kappa shape index (κ1) is 19.0. The summed E-state index contributed by atoms with van der Waals surface area (Å²) in [6.45, 7) is -0.0578. The van der Waals surface area contributed by atoms with Crippen LogP contribution in [0.15, 0.2) is 66.8 Å². The second-order valence-electron chi connectivity index (χ2n) is 7.39. The minimum absolute atomic E-state index is 0.0578. The maximum atomic E-state index is 12.8. The van der Waals surface area contributed by atoms with Crippen LogP contribution >= 0.6 is 0 Å². The molecule has 1 aromatic carbocycles. The molecule has 3 aromatic heterocycles. The molecule has 0 radical (unpaired) electrons. The quantitative estimate of drug-likeness (QED) is 0.385. The van der Waals surface area contributed by atoms with Gasteiger partial charge in [0.2, 0.25) is 0 Å². The molecule has 5 rings (SSSR count). The summed E-state index contributed by atoms with van der Waals surface area (Å²) >= 11 is 0. The smallest absolute Gasteiger partial charge is 0.276 e. The van der Waals surface area contributed by atoms with Crippen molar-refractivity contribution in [3.05, 3.63) is 72.5 Å². The Morgan fingerprint density at radius 2 is 2.23 bits per heavy atom. The van der Waals surface area contributed by atoms with Crippen molar-refractivity contribution < 1.29 is 9.90 Å². The molecule has 31 heavy (non-hydrogen) atoms. The molecule has 0 bridgehead atoms. The number of hydrogen-bond acceptors (Lipinski definition) is 5. The van der Waals surface area contributed by atoms with Crippen LogP contribution in [0.25, 0.3) is 22.0 Å². The molecule has 0 aliphatic heterocycles. The third-order valence-electron chi connectivity index (χ3n) is 5.44. The summed E-state index contributed by atoms with van der Waals surface area (Å²) in [7, 11) is 0. The number of aromatic amines is 2. The third kappa shape index (κ3) is 3.66.